The number of hydrogen-bond donors (Lipinski definition) is 0. The Morgan fingerprint density at radius 3 is 2.24 bits per heavy atom. The molecule has 2 aromatic carbocycles. The van der Waals surface area contributed by atoms with Crippen LogP contribution in [0.25, 0.3) is 11.3 Å². The smallest absolute Gasteiger partial charge is 0.243 e. The fourth-order valence-electron chi connectivity index (χ4n) is 3.94. The molecule has 7 nitrogen and oxygen atoms in total. The van der Waals surface area contributed by atoms with Gasteiger partial charge >= 0.3 is 0 Å². The van der Waals surface area contributed by atoms with Crippen LogP contribution in [0.4, 0.5) is 5.95 Å². The maximum absolute atomic E-state index is 13.1. The van der Waals surface area contributed by atoms with E-state index in [0.29, 0.717) is 43.6 Å². The van der Waals surface area contributed by atoms with Gasteiger partial charge in [0.15, 0.2) is 0 Å². The van der Waals surface area contributed by atoms with E-state index in [9.17, 15) is 8.42 Å². The molecule has 0 saturated carbocycles. The van der Waals surface area contributed by atoms with Crippen LogP contribution in [0.2, 0.25) is 0 Å². The van der Waals surface area contributed by atoms with Gasteiger partial charge in [0, 0.05) is 37.9 Å². The van der Waals surface area contributed by atoms with Crippen LogP contribution in [0, 0.1) is 0 Å². The Balaban J connectivity index is 1.43. The van der Waals surface area contributed by atoms with E-state index in [2.05, 4.69) is 11.9 Å². The first kappa shape index (κ1) is 23.2. The minimum Gasteiger partial charge on any atom is -0.494 e. The van der Waals surface area contributed by atoms with Crippen molar-refractivity contribution in [1.82, 2.24) is 14.3 Å². The van der Waals surface area contributed by atoms with E-state index in [1.54, 1.807) is 22.6 Å². The average Bonchev–Trinajstić information content (AvgIpc) is 2.85. The summed E-state index contributed by atoms with van der Waals surface area (Å²) in [5.41, 5.74) is 2.96. The molecule has 4 rings (SSSR count). The van der Waals surface area contributed by atoms with Crippen molar-refractivity contribution in [2.45, 2.75) is 31.6 Å². The molecule has 0 amide bonds. The quantitative estimate of drug-likeness (QED) is 0.499. The van der Waals surface area contributed by atoms with Gasteiger partial charge in [0.05, 0.1) is 17.2 Å². The third kappa shape index (κ3) is 5.34. The Hall–Kier alpha value is -2.97. The van der Waals surface area contributed by atoms with Crippen molar-refractivity contribution in [3.05, 3.63) is 66.4 Å². The number of nitrogens with zero attached hydrogens (tertiary/aromatic N) is 4. The summed E-state index contributed by atoms with van der Waals surface area (Å²) in [7, 11) is -3.51. The predicted octanol–water partition coefficient (Wildman–Crippen LogP) is 4.01. The van der Waals surface area contributed by atoms with Crippen LogP contribution in [0.5, 0.6) is 5.75 Å². The van der Waals surface area contributed by atoms with Gasteiger partial charge in [-0.15, -0.1) is 0 Å². The van der Waals surface area contributed by atoms with Crippen LogP contribution in [0.15, 0.2) is 65.7 Å². The van der Waals surface area contributed by atoms with Crippen molar-refractivity contribution in [3.8, 4) is 17.0 Å². The van der Waals surface area contributed by atoms with Gasteiger partial charge in [-0.05, 0) is 61.4 Å². The molecule has 174 valence electrons. The van der Waals surface area contributed by atoms with E-state index in [1.807, 2.05) is 54.3 Å². The second-order valence-electron chi connectivity index (χ2n) is 7.98. The largest absolute Gasteiger partial charge is 0.494 e. The summed E-state index contributed by atoms with van der Waals surface area (Å²) in [5.74, 6) is 1.44. The number of sulfonamides is 1. The van der Waals surface area contributed by atoms with Crippen LogP contribution in [-0.4, -0.2) is 55.5 Å². The second-order valence-corrected chi connectivity index (χ2v) is 9.92. The van der Waals surface area contributed by atoms with Gasteiger partial charge in [0.1, 0.15) is 5.75 Å². The molecule has 0 radical (unpaired) electrons. The molecule has 1 fully saturated rings. The van der Waals surface area contributed by atoms with E-state index in [-0.39, 0.29) is 0 Å². The summed E-state index contributed by atoms with van der Waals surface area (Å²) in [4.78, 5) is 11.5. The molecule has 3 aromatic rings. The zero-order chi connectivity index (χ0) is 23.3. The van der Waals surface area contributed by atoms with Crippen LogP contribution in [0.3, 0.4) is 0 Å². The number of aryl methyl sites for hydroxylation is 1. The van der Waals surface area contributed by atoms with Gasteiger partial charge in [-0.2, -0.15) is 4.31 Å². The van der Waals surface area contributed by atoms with Crippen LogP contribution in [-0.2, 0) is 16.4 Å². The van der Waals surface area contributed by atoms with Gasteiger partial charge in [0.25, 0.3) is 0 Å². The Morgan fingerprint density at radius 2 is 1.61 bits per heavy atom. The molecule has 0 atom stereocenters. The molecule has 0 aliphatic carbocycles. The zero-order valence-corrected chi connectivity index (χ0v) is 20.0. The van der Waals surface area contributed by atoms with E-state index in [1.165, 1.54) is 0 Å². The topological polar surface area (TPSA) is 75.6 Å². The molecule has 1 saturated heterocycles. The number of anilines is 1. The van der Waals surface area contributed by atoms with Crippen LogP contribution in [0.1, 0.15) is 25.8 Å². The fraction of sp³-hybridized carbons (Fsp3) is 0.360. The van der Waals surface area contributed by atoms with E-state index >= 15 is 0 Å². The minimum absolute atomic E-state index is 0.351. The number of aromatic nitrogens is 2. The molecule has 2 heterocycles. The highest BCUT2D eigenvalue weighted by Gasteiger charge is 2.29. The number of piperazine rings is 1. The Kier molecular flexibility index (Phi) is 7.25. The summed E-state index contributed by atoms with van der Waals surface area (Å²) < 4.78 is 33.2. The van der Waals surface area contributed by atoms with Crippen molar-refractivity contribution >= 4 is 16.0 Å². The van der Waals surface area contributed by atoms with Gasteiger partial charge in [0.2, 0.25) is 16.0 Å². The standard InChI is InChI=1S/C25H30N4O3S/c1-3-5-20-6-12-23(13-7-20)33(30,31)29-18-16-28(17-19-29)25-26-15-14-24(27-25)21-8-10-22(11-9-21)32-4-2/h6-15H,3-5,16-19H2,1-2H3. The summed E-state index contributed by atoms with van der Waals surface area (Å²) >= 11 is 0. The molecule has 0 bridgehead atoms. The molecule has 8 heteroatoms. The summed E-state index contributed by atoms with van der Waals surface area (Å²) in [6.45, 7) is 6.58. The summed E-state index contributed by atoms with van der Waals surface area (Å²) in [6.07, 6.45) is 3.74. The lowest BCUT2D eigenvalue weighted by Gasteiger charge is -2.34. The lowest BCUT2D eigenvalue weighted by Crippen LogP contribution is -2.49. The molecular weight excluding hydrogens is 436 g/mol. The summed E-state index contributed by atoms with van der Waals surface area (Å²) in [5, 5.41) is 0. The molecule has 0 unspecified atom stereocenters. The zero-order valence-electron chi connectivity index (χ0n) is 19.1. The van der Waals surface area contributed by atoms with Crippen molar-refractivity contribution in [2.75, 3.05) is 37.7 Å². The monoisotopic (exact) mass is 466 g/mol. The number of ether oxygens (including phenoxy) is 1. The molecule has 0 spiro atoms. The van der Waals surface area contributed by atoms with Crippen molar-refractivity contribution < 1.29 is 13.2 Å². The van der Waals surface area contributed by atoms with Crippen molar-refractivity contribution in [3.63, 3.8) is 0 Å². The number of benzene rings is 2. The second kappa shape index (κ2) is 10.3. The lowest BCUT2D eigenvalue weighted by molar-refractivity contribution is 0.340. The van der Waals surface area contributed by atoms with Crippen molar-refractivity contribution in [2.24, 2.45) is 0 Å². The average molecular weight is 467 g/mol. The van der Waals surface area contributed by atoms with Gasteiger partial charge in [-0.1, -0.05) is 25.5 Å². The Labute approximate surface area is 196 Å². The highest BCUT2D eigenvalue weighted by Crippen LogP contribution is 2.24. The first-order valence-electron chi connectivity index (χ1n) is 11.4. The molecular formula is C25H30N4O3S. The van der Waals surface area contributed by atoms with Gasteiger partial charge < -0.3 is 9.64 Å². The third-order valence-electron chi connectivity index (χ3n) is 5.73. The maximum atomic E-state index is 13.1. The van der Waals surface area contributed by atoms with Crippen molar-refractivity contribution in [1.29, 1.82) is 0 Å². The number of rotatable bonds is 8. The van der Waals surface area contributed by atoms with Gasteiger partial charge in [-0.3, -0.25) is 0 Å². The van der Waals surface area contributed by atoms with Gasteiger partial charge in [-0.25, -0.2) is 18.4 Å². The Morgan fingerprint density at radius 1 is 0.909 bits per heavy atom. The SMILES string of the molecule is CCCc1ccc(S(=O)(=O)N2CCN(c3nccc(-c4ccc(OCC)cc4)n3)CC2)cc1. The Bertz CT molecular complexity index is 1160. The minimum atomic E-state index is -3.51. The molecule has 1 aliphatic rings. The third-order valence-corrected chi connectivity index (χ3v) is 7.64. The molecule has 1 aliphatic heterocycles. The molecule has 33 heavy (non-hydrogen) atoms. The normalized spacial score (nSPS) is 14.9. The lowest BCUT2D eigenvalue weighted by atomic mass is 10.1. The predicted molar refractivity (Wildman–Crippen MR) is 130 cm³/mol. The van der Waals surface area contributed by atoms with E-state index in [0.717, 1.165) is 35.4 Å². The summed E-state index contributed by atoms with van der Waals surface area (Å²) in [6, 6.07) is 17.0. The van der Waals surface area contributed by atoms with E-state index < -0.39 is 10.0 Å². The van der Waals surface area contributed by atoms with Crippen LogP contribution < -0.4 is 9.64 Å². The first-order chi connectivity index (χ1) is 16.0. The highest BCUT2D eigenvalue weighted by molar-refractivity contribution is 7.89. The fourth-order valence-corrected chi connectivity index (χ4v) is 5.37. The van der Waals surface area contributed by atoms with E-state index in [4.69, 9.17) is 9.72 Å². The molecule has 0 N–H and O–H groups in total. The molecule has 1 aromatic heterocycles. The highest BCUT2D eigenvalue weighted by atomic mass is 32.2. The maximum Gasteiger partial charge on any atom is 0.243 e. The first-order valence-corrected chi connectivity index (χ1v) is 12.9. The number of hydrogen-bond acceptors (Lipinski definition) is 6. The van der Waals surface area contributed by atoms with Crippen LogP contribution >= 0.6 is 0 Å².